The lowest BCUT2D eigenvalue weighted by Crippen LogP contribution is -2.28. The van der Waals surface area contributed by atoms with Gasteiger partial charge in [-0.15, -0.1) is 11.3 Å². The summed E-state index contributed by atoms with van der Waals surface area (Å²) in [5.41, 5.74) is 1.28. The van der Waals surface area contributed by atoms with Gasteiger partial charge in [-0.2, -0.15) is 0 Å². The van der Waals surface area contributed by atoms with E-state index in [9.17, 15) is 14.7 Å². The molecule has 1 N–H and O–H groups in total. The van der Waals surface area contributed by atoms with Crippen LogP contribution in [-0.2, 0) is 4.79 Å². The summed E-state index contributed by atoms with van der Waals surface area (Å²) in [7, 11) is 0. The van der Waals surface area contributed by atoms with E-state index in [0.29, 0.717) is 16.8 Å². The summed E-state index contributed by atoms with van der Waals surface area (Å²) in [6, 6.07) is 6.54. The second-order valence-electron chi connectivity index (χ2n) is 5.67. The van der Waals surface area contributed by atoms with Crippen LogP contribution in [-0.4, -0.2) is 27.2 Å². The summed E-state index contributed by atoms with van der Waals surface area (Å²) >= 11 is 1.37. The van der Waals surface area contributed by atoms with E-state index < -0.39 is 12.0 Å². The van der Waals surface area contributed by atoms with Gasteiger partial charge in [0.1, 0.15) is 16.6 Å². The Hall–Kier alpha value is -2.67. The largest absolute Gasteiger partial charge is 0.494 e. The van der Waals surface area contributed by atoms with Crippen LogP contribution < -0.4 is 10.3 Å². The number of ether oxygens (including phenoxy) is 1. The molecule has 1 aromatic carbocycles. The highest BCUT2D eigenvalue weighted by Crippen LogP contribution is 2.31. The van der Waals surface area contributed by atoms with Crippen molar-refractivity contribution in [1.82, 2.24) is 9.55 Å². The van der Waals surface area contributed by atoms with Crippen LogP contribution in [0.1, 0.15) is 26.3 Å². The van der Waals surface area contributed by atoms with Crippen LogP contribution in [0.3, 0.4) is 0 Å². The molecule has 6 nitrogen and oxygen atoms in total. The quantitative estimate of drug-likeness (QED) is 0.729. The number of aliphatic carboxylic acids is 1. The molecule has 25 heavy (non-hydrogen) atoms. The Kier molecular flexibility index (Phi) is 4.85. The summed E-state index contributed by atoms with van der Waals surface area (Å²) in [6.45, 7) is 4.16. The van der Waals surface area contributed by atoms with E-state index in [1.54, 1.807) is 0 Å². The molecule has 0 aliphatic carbocycles. The Bertz CT molecular complexity index is 959. The predicted octanol–water partition coefficient (Wildman–Crippen LogP) is 3.56. The molecule has 2 heterocycles. The number of carboxylic acid groups (broad SMARTS) is 1. The van der Waals surface area contributed by atoms with E-state index in [4.69, 9.17) is 4.74 Å². The van der Waals surface area contributed by atoms with Crippen molar-refractivity contribution in [1.29, 1.82) is 0 Å². The molecule has 2 aromatic heterocycles. The smallest absolute Gasteiger partial charge is 0.326 e. The number of carbonyl (C=O) groups is 1. The third-order valence-corrected chi connectivity index (χ3v) is 4.82. The molecular weight excluding hydrogens is 340 g/mol. The van der Waals surface area contributed by atoms with E-state index >= 15 is 0 Å². The van der Waals surface area contributed by atoms with E-state index in [-0.39, 0.29) is 5.56 Å². The van der Waals surface area contributed by atoms with Crippen LogP contribution in [0.15, 0.2) is 40.8 Å². The molecule has 0 radical (unpaired) electrons. The number of hydrogen-bond acceptors (Lipinski definition) is 5. The van der Waals surface area contributed by atoms with Gasteiger partial charge in [-0.1, -0.05) is 19.1 Å². The third kappa shape index (κ3) is 3.28. The second kappa shape index (κ2) is 7.06. The van der Waals surface area contributed by atoms with E-state index in [1.807, 2.05) is 36.6 Å². The van der Waals surface area contributed by atoms with Gasteiger partial charge in [0.15, 0.2) is 0 Å². The van der Waals surface area contributed by atoms with Crippen LogP contribution in [0.2, 0.25) is 0 Å². The standard InChI is InChI=1S/C18H18N2O4S/c1-3-8-24-13-6-4-12(5-7-13)14-9-25-16-15(14)17(21)20(10-19-16)11(2)18(22)23/h4-7,9-11H,3,8H2,1-2H3,(H,22,23)/t11-/m0/s1. The van der Waals surface area contributed by atoms with Crippen LogP contribution in [0, 0.1) is 0 Å². The number of benzene rings is 1. The number of carboxylic acids is 1. The van der Waals surface area contributed by atoms with Gasteiger partial charge in [-0.25, -0.2) is 9.78 Å². The van der Waals surface area contributed by atoms with Gasteiger partial charge < -0.3 is 9.84 Å². The van der Waals surface area contributed by atoms with Gasteiger partial charge in [-0.05, 0) is 31.0 Å². The third-order valence-electron chi connectivity index (χ3n) is 3.93. The topological polar surface area (TPSA) is 81.4 Å². The Labute approximate surface area is 148 Å². The summed E-state index contributed by atoms with van der Waals surface area (Å²) in [4.78, 5) is 28.8. The molecule has 130 valence electrons. The fourth-order valence-electron chi connectivity index (χ4n) is 2.50. The highest BCUT2D eigenvalue weighted by Gasteiger charge is 2.19. The average Bonchev–Trinajstić information content (AvgIpc) is 3.05. The van der Waals surface area contributed by atoms with Crippen molar-refractivity contribution in [2.24, 2.45) is 0 Å². The summed E-state index contributed by atoms with van der Waals surface area (Å²) < 4.78 is 6.73. The van der Waals surface area contributed by atoms with Gasteiger partial charge >= 0.3 is 5.97 Å². The van der Waals surface area contributed by atoms with Crippen molar-refractivity contribution >= 4 is 27.5 Å². The molecule has 3 rings (SSSR count). The number of aromatic nitrogens is 2. The predicted molar refractivity (Wildman–Crippen MR) is 97.4 cm³/mol. The maximum Gasteiger partial charge on any atom is 0.326 e. The van der Waals surface area contributed by atoms with Crippen molar-refractivity contribution in [2.75, 3.05) is 6.61 Å². The molecule has 3 aromatic rings. The summed E-state index contributed by atoms with van der Waals surface area (Å²) in [5.74, 6) is -0.294. The van der Waals surface area contributed by atoms with E-state index in [1.165, 1.54) is 24.6 Å². The minimum absolute atomic E-state index is 0.345. The Balaban J connectivity index is 2.06. The number of nitrogens with zero attached hydrogens (tertiary/aromatic N) is 2. The zero-order chi connectivity index (χ0) is 18.0. The number of fused-ring (bicyclic) bond motifs is 1. The maximum atomic E-state index is 12.8. The molecule has 0 fully saturated rings. The second-order valence-corrected chi connectivity index (χ2v) is 6.53. The Morgan fingerprint density at radius 3 is 2.72 bits per heavy atom. The SMILES string of the molecule is CCCOc1ccc(-c2csc3ncn([C@@H](C)C(=O)O)c(=O)c23)cc1. The molecular formula is C18H18N2O4S. The summed E-state index contributed by atoms with van der Waals surface area (Å²) in [5, 5.41) is 11.5. The van der Waals surface area contributed by atoms with Crippen molar-refractivity contribution in [2.45, 2.75) is 26.3 Å². The lowest BCUT2D eigenvalue weighted by molar-refractivity contribution is -0.140. The first-order chi connectivity index (χ1) is 12.0. The minimum atomic E-state index is -1.07. The molecule has 0 aliphatic rings. The van der Waals surface area contributed by atoms with Crippen molar-refractivity contribution in [3.63, 3.8) is 0 Å². The molecule has 0 unspecified atom stereocenters. The van der Waals surface area contributed by atoms with Gasteiger partial charge in [0, 0.05) is 10.9 Å². The van der Waals surface area contributed by atoms with Crippen LogP contribution in [0.25, 0.3) is 21.3 Å². The van der Waals surface area contributed by atoms with Crippen molar-refractivity contribution < 1.29 is 14.6 Å². The van der Waals surface area contributed by atoms with Crippen LogP contribution in [0.4, 0.5) is 0 Å². The zero-order valence-electron chi connectivity index (χ0n) is 13.9. The monoisotopic (exact) mass is 358 g/mol. The number of rotatable bonds is 6. The van der Waals surface area contributed by atoms with Crippen molar-refractivity contribution in [3.05, 3.63) is 46.3 Å². The maximum absolute atomic E-state index is 12.8. The first kappa shape index (κ1) is 17.2. The first-order valence-corrected chi connectivity index (χ1v) is 8.85. The summed E-state index contributed by atoms with van der Waals surface area (Å²) in [6.07, 6.45) is 2.23. The molecule has 0 bridgehead atoms. The highest BCUT2D eigenvalue weighted by molar-refractivity contribution is 7.17. The van der Waals surface area contributed by atoms with Gasteiger partial charge in [0.25, 0.3) is 5.56 Å². The minimum Gasteiger partial charge on any atom is -0.494 e. The molecule has 0 spiro atoms. The highest BCUT2D eigenvalue weighted by atomic mass is 32.1. The van der Waals surface area contributed by atoms with Gasteiger partial charge in [0.05, 0.1) is 18.3 Å². The molecule has 0 saturated heterocycles. The molecule has 1 atom stereocenters. The van der Waals surface area contributed by atoms with Gasteiger partial charge in [0.2, 0.25) is 0 Å². The van der Waals surface area contributed by atoms with Crippen molar-refractivity contribution in [3.8, 4) is 16.9 Å². The average molecular weight is 358 g/mol. The lowest BCUT2D eigenvalue weighted by Gasteiger charge is -2.10. The fourth-order valence-corrected chi connectivity index (χ4v) is 3.41. The fraction of sp³-hybridized carbons (Fsp3) is 0.278. The molecule has 0 amide bonds. The van der Waals surface area contributed by atoms with E-state index in [2.05, 4.69) is 4.98 Å². The zero-order valence-corrected chi connectivity index (χ0v) is 14.7. The Morgan fingerprint density at radius 1 is 1.36 bits per heavy atom. The lowest BCUT2D eigenvalue weighted by atomic mass is 10.1. The number of thiophene rings is 1. The Morgan fingerprint density at radius 2 is 2.08 bits per heavy atom. The molecule has 7 heteroatoms. The molecule has 0 aliphatic heterocycles. The van der Waals surface area contributed by atoms with Crippen LogP contribution in [0.5, 0.6) is 5.75 Å². The number of hydrogen-bond donors (Lipinski definition) is 1. The first-order valence-electron chi connectivity index (χ1n) is 7.97. The van der Waals surface area contributed by atoms with Crippen LogP contribution >= 0.6 is 11.3 Å². The van der Waals surface area contributed by atoms with Gasteiger partial charge in [-0.3, -0.25) is 9.36 Å². The normalized spacial score (nSPS) is 12.2. The van der Waals surface area contributed by atoms with E-state index in [0.717, 1.165) is 27.9 Å². The molecule has 0 saturated carbocycles.